The van der Waals surface area contributed by atoms with Gasteiger partial charge in [0.05, 0.1) is 12.2 Å². The summed E-state index contributed by atoms with van der Waals surface area (Å²) in [5, 5.41) is 3.00. The monoisotopic (exact) mass is 176 g/mol. The summed E-state index contributed by atoms with van der Waals surface area (Å²) < 4.78 is 0. The van der Waals surface area contributed by atoms with Crippen LogP contribution in [0, 0.1) is 0 Å². The summed E-state index contributed by atoms with van der Waals surface area (Å²) in [7, 11) is 0. The molecule has 1 amide bonds. The van der Waals surface area contributed by atoms with Crippen molar-refractivity contribution in [1.82, 2.24) is 4.98 Å². The summed E-state index contributed by atoms with van der Waals surface area (Å²) in [4.78, 5) is 18.8. The van der Waals surface area contributed by atoms with Crippen LogP contribution >= 0.6 is 0 Å². The van der Waals surface area contributed by atoms with Gasteiger partial charge in [0.15, 0.2) is 5.82 Å². The molecular formula is C8H8N4O. The molecule has 0 atom stereocenters. The zero-order chi connectivity index (χ0) is 9.26. The summed E-state index contributed by atoms with van der Waals surface area (Å²) in [5.41, 5.74) is 6.22. The number of amides is 1. The fraction of sp³-hybridized carbons (Fsp3) is 0.125. The Balaban J connectivity index is 2.44. The standard InChI is InChI=1S/C8H8N4O/c9-7(13)6-4-11-5-2-1-3-10-8(5)12-6/h1-3,11H,4H2,(H2,9,13). The molecule has 5 nitrogen and oxygen atoms in total. The minimum Gasteiger partial charge on any atom is -0.376 e. The highest BCUT2D eigenvalue weighted by Gasteiger charge is 2.14. The zero-order valence-corrected chi connectivity index (χ0v) is 6.82. The third kappa shape index (κ3) is 1.35. The molecule has 0 aliphatic carbocycles. The third-order valence-corrected chi connectivity index (χ3v) is 1.76. The molecule has 3 N–H and O–H groups in total. The lowest BCUT2D eigenvalue weighted by atomic mass is 10.2. The molecule has 0 radical (unpaired) electrons. The molecule has 13 heavy (non-hydrogen) atoms. The van der Waals surface area contributed by atoms with Crippen LogP contribution in [0.3, 0.4) is 0 Å². The summed E-state index contributed by atoms with van der Waals surface area (Å²) in [6.07, 6.45) is 1.62. The number of aliphatic imine (C=N–C) groups is 1. The fourth-order valence-corrected chi connectivity index (χ4v) is 1.11. The average molecular weight is 176 g/mol. The molecule has 1 aromatic rings. The van der Waals surface area contributed by atoms with E-state index in [-0.39, 0.29) is 0 Å². The minimum atomic E-state index is -0.510. The normalized spacial score (nSPS) is 14.0. The topological polar surface area (TPSA) is 80.4 Å². The van der Waals surface area contributed by atoms with Gasteiger partial charge in [-0.05, 0) is 12.1 Å². The number of nitrogens with two attached hydrogens (primary N) is 1. The molecule has 0 unspecified atom stereocenters. The van der Waals surface area contributed by atoms with Gasteiger partial charge in [-0.15, -0.1) is 0 Å². The smallest absolute Gasteiger partial charge is 0.265 e. The van der Waals surface area contributed by atoms with Crippen LogP contribution in [-0.4, -0.2) is 23.1 Å². The molecule has 0 saturated heterocycles. The third-order valence-electron chi connectivity index (χ3n) is 1.76. The quantitative estimate of drug-likeness (QED) is 0.635. The molecular weight excluding hydrogens is 168 g/mol. The molecule has 66 valence electrons. The SMILES string of the molecule is NC(=O)C1=Nc2ncccc2NC1. The Kier molecular flexibility index (Phi) is 1.70. The molecule has 5 heteroatoms. The van der Waals surface area contributed by atoms with E-state index in [1.807, 2.05) is 6.07 Å². The first-order chi connectivity index (χ1) is 6.27. The first-order valence-electron chi connectivity index (χ1n) is 3.83. The zero-order valence-electron chi connectivity index (χ0n) is 6.82. The van der Waals surface area contributed by atoms with Gasteiger partial charge in [0.25, 0.3) is 5.91 Å². The summed E-state index contributed by atoms with van der Waals surface area (Å²) in [6, 6.07) is 3.65. The van der Waals surface area contributed by atoms with Crippen molar-refractivity contribution in [2.24, 2.45) is 10.7 Å². The van der Waals surface area contributed by atoms with Crippen molar-refractivity contribution in [1.29, 1.82) is 0 Å². The van der Waals surface area contributed by atoms with Crippen LogP contribution in [0.25, 0.3) is 0 Å². The molecule has 0 saturated carbocycles. The lowest BCUT2D eigenvalue weighted by molar-refractivity contribution is -0.112. The number of hydrogen-bond acceptors (Lipinski definition) is 4. The van der Waals surface area contributed by atoms with E-state index in [0.29, 0.717) is 18.1 Å². The van der Waals surface area contributed by atoms with Gasteiger partial charge in [-0.2, -0.15) is 0 Å². The van der Waals surface area contributed by atoms with Crippen molar-refractivity contribution in [3.05, 3.63) is 18.3 Å². The van der Waals surface area contributed by atoms with Gasteiger partial charge in [0.1, 0.15) is 5.71 Å². The average Bonchev–Trinajstić information content (AvgIpc) is 2.17. The second-order valence-electron chi connectivity index (χ2n) is 2.65. The Morgan fingerprint density at radius 1 is 1.62 bits per heavy atom. The summed E-state index contributed by atoms with van der Waals surface area (Å²) in [6.45, 7) is 0.369. The molecule has 0 fully saturated rings. The van der Waals surface area contributed by atoms with Gasteiger partial charge in [-0.3, -0.25) is 4.79 Å². The van der Waals surface area contributed by atoms with Crippen molar-refractivity contribution in [3.63, 3.8) is 0 Å². The predicted octanol–water partition coefficient (Wildman–Crippen LogP) is 0.0649. The van der Waals surface area contributed by atoms with E-state index in [1.165, 1.54) is 0 Å². The number of nitrogens with zero attached hydrogens (tertiary/aromatic N) is 2. The number of hydrogen-bond donors (Lipinski definition) is 2. The van der Waals surface area contributed by atoms with E-state index < -0.39 is 5.91 Å². The number of carbonyl (C=O) groups excluding carboxylic acids is 1. The van der Waals surface area contributed by atoms with E-state index in [2.05, 4.69) is 15.3 Å². The molecule has 1 aliphatic heterocycles. The van der Waals surface area contributed by atoms with E-state index in [9.17, 15) is 4.79 Å². The highest BCUT2D eigenvalue weighted by molar-refractivity contribution is 6.40. The van der Waals surface area contributed by atoms with Crippen LogP contribution in [0.5, 0.6) is 0 Å². The van der Waals surface area contributed by atoms with Crippen LogP contribution in [0.15, 0.2) is 23.3 Å². The largest absolute Gasteiger partial charge is 0.376 e. The fourth-order valence-electron chi connectivity index (χ4n) is 1.11. The van der Waals surface area contributed by atoms with Gasteiger partial charge in [0.2, 0.25) is 0 Å². The Bertz CT molecular complexity index is 385. The second kappa shape index (κ2) is 2.85. The first kappa shape index (κ1) is 7.72. The molecule has 1 aliphatic rings. The van der Waals surface area contributed by atoms with Crippen LogP contribution < -0.4 is 11.1 Å². The van der Waals surface area contributed by atoms with Crippen molar-refractivity contribution in [2.75, 3.05) is 11.9 Å². The molecule has 1 aromatic heterocycles. The molecule has 2 heterocycles. The van der Waals surface area contributed by atoms with Crippen LogP contribution in [0.1, 0.15) is 0 Å². The Hall–Kier alpha value is -1.91. The highest BCUT2D eigenvalue weighted by atomic mass is 16.1. The molecule has 0 spiro atoms. The van der Waals surface area contributed by atoms with Crippen molar-refractivity contribution in [3.8, 4) is 0 Å². The highest BCUT2D eigenvalue weighted by Crippen LogP contribution is 2.23. The van der Waals surface area contributed by atoms with Crippen LogP contribution in [0.2, 0.25) is 0 Å². The molecule has 2 rings (SSSR count). The number of fused-ring (bicyclic) bond motifs is 1. The lowest BCUT2D eigenvalue weighted by Gasteiger charge is -2.13. The van der Waals surface area contributed by atoms with E-state index in [1.54, 1.807) is 12.3 Å². The number of rotatable bonds is 1. The molecule has 0 bridgehead atoms. The van der Waals surface area contributed by atoms with Gasteiger partial charge in [0, 0.05) is 6.20 Å². The van der Waals surface area contributed by atoms with Gasteiger partial charge in [-0.1, -0.05) is 0 Å². The van der Waals surface area contributed by atoms with Gasteiger partial charge in [-0.25, -0.2) is 9.98 Å². The Morgan fingerprint density at radius 3 is 3.23 bits per heavy atom. The molecule has 0 aromatic carbocycles. The number of anilines is 1. The first-order valence-corrected chi connectivity index (χ1v) is 3.83. The predicted molar refractivity (Wildman–Crippen MR) is 49.0 cm³/mol. The summed E-state index contributed by atoms with van der Waals surface area (Å²) >= 11 is 0. The maximum absolute atomic E-state index is 10.8. The Labute approximate surface area is 74.7 Å². The van der Waals surface area contributed by atoms with Gasteiger partial charge < -0.3 is 11.1 Å². The van der Waals surface area contributed by atoms with E-state index in [4.69, 9.17) is 5.73 Å². The minimum absolute atomic E-state index is 0.311. The van der Waals surface area contributed by atoms with Crippen molar-refractivity contribution >= 4 is 23.1 Å². The Morgan fingerprint density at radius 2 is 2.46 bits per heavy atom. The maximum atomic E-state index is 10.8. The van der Waals surface area contributed by atoms with E-state index >= 15 is 0 Å². The van der Waals surface area contributed by atoms with Crippen LogP contribution in [0.4, 0.5) is 11.5 Å². The number of aromatic nitrogens is 1. The summed E-state index contributed by atoms with van der Waals surface area (Å²) in [5.74, 6) is 0.00588. The van der Waals surface area contributed by atoms with Crippen molar-refractivity contribution < 1.29 is 4.79 Å². The number of primary amides is 1. The van der Waals surface area contributed by atoms with Gasteiger partial charge >= 0.3 is 0 Å². The van der Waals surface area contributed by atoms with Crippen LogP contribution in [-0.2, 0) is 4.79 Å². The van der Waals surface area contributed by atoms with E-state index in [0.717, 1.165) is 5.69 Å². The van der Waals surface area contributed by atoms with Crippen molar-refractivity contribution in [2.45, 2.75) is 0 Å². The number of carbonyl (C=O) groups is 1. The lowest BCUT2D eigenvalue weighted by Crippen LogP contribution is -2.31. The maximum Gasteiger partial charge on any atom is 0.265 e. The number of nitrogens with one attached hydrogen (secondary N) is 1. The number of pyridine rings is 1. The second-order valence-corrected chi connectivity index (χ2v) is 2.65.